The first-order valence-corrected chi connectivity index (χ1v) is 23.6. The van der Waals surface area contributed by atoms with E-state index in [1.165, 1.54) is 77.9 Å². The van der Waals surface area contributed by atoms with Gasteiger partial charge in [0.15, 0.2) is 17.2 Å². The Labute approximate surface area is 389 Å². The summed E-state index contributed by atoms with van der Waals surface area (Å²) in [7, 11) is 0. The summed E-state index contributed by atoms with van der Waals surface area (Å²) >= 11 is 0. The fourth-order valence-corrected chi connectivity index (χ4v) is 11.0. The lowest BCUT2D eigenvalue weighted by atomic mass is 9.80. The van der Waals surface area contributed by atoms with Crippen LogP contribution in [0.1, 0.15) is 90.1 Å². The zero-order chi connectivity index (χ0) is 45.7. The Hall–Kier alpha value is -7.04. The molecule has 3 aliphatic rings. The lowest BCUT2D eigenvalue weighted by Crippen LogP contribution is -2.78. The summed E-state index contributed by atoms with van der Waals surface area (Å²) in [4.78, 5) is 0. The summed E-state index contributed by atoms with van der Waals surface area (Å²) in [5, 5.41) is 0. The summed E-state index contributed by atoms with van der Waals surface area (Å²) in [5.74, 6) is 0.915. The van der Waals surface area contributed by atoms with Crippen LogP contribution in [0.3, 0.4) is 0 Å². The number of fused-ring (bicyclic) bond motifs is 5. The molecule has 2 aromatic heterocycles. The summed E-state index contributed by atoms with van der Waals surface area (Å²) in [6, 6.07) is 59.2. The molecule has 12 rings (SSSR count). The van der Waals surface area contributed by atoms with Crippen molar-refractivity contribution in [3.05, 3.63) is 192 Å². The monoisotopic (exact) mass is 859 g/mol. The van der Waals surface area contributed by atoms with E-state index >= 15 is 0 Å². The van der Waals surface area contributed by atoms with E-state index in [1.807, 2.05) is 0 Å². The maximum absolute atomic E-state index is 7.74. The molecule has 7 aromatic carbocycles. The van der Waals surface area contributed by atoms with Crippen LogP contribution in [-0.4, -0.2) is 4.57 Å². The van der Waals surface area contributed by atoms with E-state index in [0.717, 1.165) is 39.6 Å². The predicted molar refractivity (Wildman–Crippen MR) is 270 cm³/mol. The number of hydrogen-bond donors (Lipinski definition) is 0. The SMILES string of the molecule is Cc1cc(-n2c3[n+]4c5c(cccc52)-c2cc(C(C)(C)C)cc5c2C4(Oc2ccccc2-3)[n+]2ccc(-c3ccc(C(C)(C)C)cc3)cc2-5)c(-c2ccccc2)cc1-c1ccc(C(C)(C)C)cc1. The number of aryl methyl sites for hydroxylation is 1. The van der Waals surface area contributed by atoms with Crippen LogP contribution < -0.4 is 13.9 Å². The lowest BCUT2D eigenvalue weighted by molar-refractivity contribution is -0.997. The van der Waals surface area contributed by atoms with Crippen molar-refractivity contribution >= 4 is 11.0 Å². The minimum atomic E-state index is -1.04. The number of ether oxygens (including phenoxy) is 1. The summed E-state index contributed by atoms with van der Waals surface area (Å²) in [5.41, 5.74) is 22.9. The number of rotatable bonds is 4. The smallest absolute Gasteiger partial charge is 0.392 e. The molecule has 324 valence electrons. The van der Waals surface area contributed by atoms with E-state index in [4.69, 9.17) is 4.74 Å². The number of aromatic nitrogens is 3. The second-order valence-electron chi connectivity index (χ2n) is 21.9. The van der Waals surface area contributed by atoms with Gasteiger partial charge in [0.05, 0.1) is 5.56 Å². The van der Waals surface area contributed by atoms with Gasteiger partial charge in [0.1, 0.15) is 22.6 Å². The van der Waals surface area contributed by atoms with Crippen molar-refractivity contribution in [2.24, 2.45) is 0 Å². The molecule has 1 unspecified atom stereocenters. The highest BCUT2D eigenvalue weighted by Crippen LogP contribution is 2.54. The van der Waals surface area contributed by atoms with Crippen molar-refractivity contribution in [1.82, 2.24) is 4.57 Å². The molecule has 4 nitrogen and oxygen atoms in total. The molecule has 5 heterocycles. The van der Waals surface area contributed by atoms with Crippen LogP contribution in [0.4, 0.5) is 0 Å². The van der Waals surface area contributed by atoms with Crippen LogP contribution >= 0.6 is 0 Å². The van der Waals surface area contributed by atoms with E-state index in [-0.39, 0.29) is 16.2 Å². The van der Waals surface area contributed by atoms with Crippen molar-refractivity contribution in [3.8, 4) is 78.6 Å². The van der Waals surface area contributed by atoms with Crippen LogP contribution in [0, 0.1) is 6.92 Å². The topological polar surface area (TPSA) is 21.9 Å². The molecular weight excluding hydrogens is 803 g/mol. The zero-order valence-electron chi connectivity index (χ0n) is 39.8. The first kappa shape index (κ1) is 40.5. The Morgan fingerprint density at radius 1 is 0.470 bits per heavy atom. The number of nitrogens with zero attached hydrogens (tertiary/aromatic N) is 3. The van der Waals surface area contributed by atoms with Gasteiger partial charge in [-0.25, -0.2) is 0 Å². The first-order valence-electron chi connectivity index (χ1n) is 23.6. The Balaban J connectivity index is 1.18. The minimum Gasteiger partial charge on any atom is -0.392 e. The van der Waals surface area contributed by atoms with E-state index in [2.05, 4.69) is 247 Å². The normalized spacial score (nSPS) is 15.6. The van der Waals surface area contributed by atoms with Crippen LogP contribution in [-0.2, 0) is 22.1 Å². The Kier molecular flexibility index (Phi) is 8.43. The molecule has 3 aliphatic heterocycles. The molecule has 0 amide bonds. The second-order valence-corrected chi connectivity index (χ2v) is 21.9. The Bertz CT molecular complexity index is 3480. The van der Waals surface area contributed by atoms with Gasteiger partial charge in [-0.1, -0.05) is 159 Å². The number of para-hydroxylation sites is 2. The molecule has 0 fully saturated rings. The van der Waals surface area contributed by atoms with Gasteiger partial charge < -0.3 is 4.74 Å². The van der Waals surface area contributed by atoms with Gasteiger partial charge in [-0.3, -0.25) is 0 Å². The molecule has 4 heteroatoms. The number of hydrogen-bond acceptors (Lipinski definition) is 1. The van der Waals surface area contributed by atoms with Crippen LogP contribution in [0.15, 0.2) is 164 Å². The quantitative estimate of drug-likeness (QED) is 0.162. The number of pyridine rings is 1. The number of benzene rings is 7. The average Bonchev–Trinajstić information content (AvgIpc) is 3.79. The van der Waals surface area contributed by atoms with E-state index in [9.17, 15) is 0 Å². The third-order valence-corrected chi connectivity index (χ3v) is 14.6. The molecule has 0 saturated carbocycles. The third-order valence-electron chi connectivity index (χ3n) is 14.6. The van der Waals surface area contributed by atoms with Crippen molar-refractivity contribution in [1.29, 1.82) is 0 Å². The van der Waals surface area contributed by atoms with Crippen molar-refractivity contribution < 1.29 is 13.9 Å². The maximum Gasteiger partial charge on any atom is 0.499 e. The standard InChI is InChI=1S/C62H57N3O/c1-38-33-54(49(40-17-12-11-13-18-40)37-48(38)41-25-29-44(30-26-41)60(5,6)7)64-52-21-16-20-46-50-35-45(61(8,9)10)36-51-53-34-42(39-23-27-43(28-24-39)59(2,3)4)31-32-63(53)62(56(50)51)65(57(46)52)58(64)47-19-14-15-22-55(47)66-62/h11-37H,1-10H3/q+2. The molecular formula is C62H57N3O+2. The molecule has 0 aliphatic carbocycles. The predicted octanol–water partition coefficient (Wildman–Crippen LogP) is 14.6. The molecule has 0 N–H and O–H groups in total. The Morgan fingerprint density at radius 3 is 1.76 bits per heavy atom. The van der Waals surface area contributed by atoms with Gasteiger partial charge in [0.2, 0.25) is 5.69 Å². The molecule has 66 heavy (non-hydrogen) atoms. The van der Waals surface area contributed by atoms with Gasteiger partial charge in [0, 0.05) is 28.8 Å². The summed E-state index contributed by atoms with van der Waals surface area (Å²) < 4.78 is 15.2. The van der Waals surface area contributed by atoms with Gasteiger partial charge >= 0.3 is 11.7 Å². The van der Waals surface area contributed by atoms with Gasteiger partial charge in [-0.15, -0.1) is 9.13 Å². The fraction of sp³-hybridized carbons (Fsp3) is 0.226. The van der Waals surface area contributed by atoms with Gasteiger partial charge in [-0.05, 0) is 122 Å². The van der Waals surface area contributed by atoms with E-state index in [0.29, 0.717) is 0 Å². The van der Waals surface area contributed by atoms with Crippen molar-refractivity contribution in [3.63, 3.8) is 0 Å². The van der Waals surface area contributed by atoms with E-state index < -0.39 is 5.85 Å². The average molecular weight is 860 g/mol. The van der Waals surface area contributed by atoms with Gasteiger partial charge in [-0.2, -0.15) is 4.57 Å². The molecule has 9 aromatic rings. The molecule has 1 spiro atoms. The highest BCUT2D eigenvalue weighted by Gasteiger charge is 2.68. The molecule has 0 saturated heterocycles. The van der Waals surface area contributed by atoms with Crippen LogP contribution in [0.5, 0.6) is 5.75 Å². The molecule has 1 atom stereocenters. The van der Waals surface area contributed by atoms with Crippen molar-refractivity contribution in [2.45, 2.75) is 91.3 Å². The summed E-state index contributed by atoms with van der Waals surface area (Å²) in [6.07, 6.45) is 2.28. The minimum absolute atomic E-state index is 0.0757. The third kappa shape index (κ3) is 5.76. The Morgan fingerprint density at radius 2 is 1.08 bits per heavy atom. The van der Waals surface area contributed by atoms with E-state index in [1.54, 1.807) is 0 Å². The largest absolute Gasteiger partial charge is 0.499 e. The second kappa shape index (κ2) is 13.7. The first-order chi connectivity index (χ1) is 31.5. The zero-order valence-corrected chi connectivity index (χ0v) is 39.8. The summed E-state index contributed by atoms with van der Waals surface area (Å²) in [6.45, 7) is 22.9. The highest BCUT2D eigenvalue weighted by atomic mass is 16.5. The van der Waals surface area contributed by atoms with Crippen LogP contribution in [0.2, 0.25) is 0 Å². The molecule has 0 bridgehead atoms. The highest BCUT2D eigenvalue weighted by molar-refractivity contribution is 5.99. The molecule has 0 radical (unpaired) electrons. The van der Waals surface area contributed by atoms with Crippen LogP contribution in [0.25, 0.3) is 83.9 Å². The van der Waals surface area contributed by atoms with Crippen molar-refractivity contribution in [2.75, 3.05) is 0 Å². The maximum atomic E-state index is 7.74. The fourth-order valence-electron chi connectivity index (χ4n) is 11.0. The van der Waals surface area contributed by atoms with Gasteiger partial charge in [0.25, 0.3) is 0 Å². The number of imidazole rings is 1. The lowest BCUT2D eigenvalue weighted by Gasteiger charge is -2.33.